The Hall–Kier alpha value is -1.40. The second-order valence-corrected chi connectivity index (χ2v) is 7.72. The number of likely N-dealkylation sites (tertiary alicyclic amines) is 2. The Bertz CT molecular complexity index is 596. The fourth-order valence-corrected chi connectivity index (χ4v) is 4.57. The molecule has 3 aliphatic rings. The second-order valence-electron chi connectivity index (χ2n) is 7.72. The highest BCUT2D eigenvalue weighted by Crippen LogP contribution is 2.38. The normalized spacial score (nSPS) is 31.2. The van der Waals surface area contributed by atoms with Gasteiger partial charge in [-0.2, -0.15) is 0 Å². The van der Waals surface area contributed by atoms with Crippen LogP contribution in [0.5, 0.6) is 0 Å². The van der Waals surface area contributed by atoms with Crippen LogP contribution in [0.3, 0.4) is 0 Å². The molecule has 3 aliphatic heterocycles. The maximum Gasteiger partial charge on any atom is 0.276 e. The van der Waals surface area contributed by atoms with Gasteiger partial charge in [-0.05, 0) is 58.0 Å². The van der Waals surface area contributed by atoms with Crippen molar-refractivity contribution in [2.75, 3.05) is 39.3 Å². The van der Waals surface area contributed by atoms with Crippen LogP contribution >= 0.6 is 0 Å². The van der Waals surface area contributed by atoms with Crippen molar-refractivity contribution >= 4 is 5.91 Å². The molecule has 2 atom stereocenters. The molecular formula is C18H27N3O3. The number of carbonyl (C=O) groups excluding carboxylic acids is 1. The third-order valence-electron chi connectivity index (χ3n) is 5.67. The molecule has 1 spiro atoms. The summed E-state index contributed by atoms with van der Waals surface area (Å²) in [4.78, 5) is 17.1. The van der Waals surface area contributed by atoms with Crippen molar-refractivity contribution in [2.45, 2.75) is 44.6 Å². The van der Waals surface area contributed by atoms with Gasteiger partial charge in [-0.25, -0.2) is 0 Å². The largest absolute Gasteiger partial charge is 0.373 e. The summed E-state index contributed by atoms with van der Waals surface area (Å²) in [7, 11) is 0. The average molecular weight is 333 g/mol. The molecule has 3 fully saturated rings. The van der Waals surface area contributed by atoms with Gasteiger partial charge in [-0.3, -0.25) is 4.79 Å². The Labute approximate surface area is 143 Å². The molecule has 6 nitrogen and oxygen atoms in total. The summed E-state index contributed by atoms with van der Waals surface area (Å²) in [5.41, 5.74) is 0.271. The van der Waals surface area contributed by atoms with Crippen LogP contribution in [0.4, 0.5) is 0 Å². The zero-order chi connectivity index (χ0) is 16.6. The van der Waals surface area contributed by atoms with Crippen LogP contribution in [0.25, 0.3) is 0 Å². The van der Waals surface area contributed by atoms with E-state index < -0.39 is 0 Å². The van der Waals surface area contributed by atoms with Crippen molar-refractivity contribution in [1.82, 2.24) is 15.0 Å². The Morgan fingerprint density at radius 2 is 2.17 bits per heavy atom. The number of carbonyl (C=O) groups is 1. The van der Waals surface area contributed by atoms with Gasteiger partial charge in [0.2, 0.25) is 0 Å². The Morgan fingerprint density at radius 1 is 1.33 bits per heavy atom. The highest BCUT2D eigenvalue weighted by atomic mass is 16.5. The van der Waals surface area contributed by atoms with Crippen molar-refractivity contribution in [3.8, 4) is 0 Å². The topological polar surface area (TPSA) is 58.8 Å². The zero-order valence-corrected chi connectivity index (χ0v) is 14.5. The SMILES string of the molecule is Cc1cc(C(=O)N2CCCC3(CC(CN4CCCC4)CO3)C2)no1. The van der Waals surface area contributed by atoms with E-state index in [1.165, 1.54) is 25.9 Å². The fraction of sp³-hybridized carbons (Fsp3) is 0.778. The van der Waals surface area contributed by atoms with E-state index in [-0.39, 0.29) is 11.5 Å². The minimum atomic E-state index is -0.142. The number of ether oxygens (including phenoxy) is 1. The number of aromatic nitrogens is 1. The molecule has 0 N–H and O–H groups in total. The van der Waals surface area contributed by atoms with Crippen LogP contribution in [-0.4, -0.2) is 65.8 Å². The lowest BCUT2D eigenvalue weighted by Gasteiger charge is -2.39. The minimum Gasteiger partial charge on any atom is -0.373 e. The molecule has 4 rings (SSSR count). The standard InChI is InChI=1S/C18H27N3O3/c1-14-9-16(19-24-14)17(22)21-8-4-5-18(13-21)10-15(12-23-18)11-20-6-2-3-7-20/h9,15H,2-8,10-13H2,1H3. The van der Waals surface area contributed by atoms with Gasteiger partial charge in [-0.1, -0.05) is 5.16 Å². The number of nitrogens with zero attached hydrogens (tertiary/aromatic N) is 3. The molecule has 2 unspecified atom stereocenters. The van der Waals surface area contributed by atoms with Gasteiger partial charge in [0.1, 0.15) is 5.76 Å². The van der Waals surface area contributed by atoms with E-state index >= 15 is 0 Å². The molecular weight excluding hydrogens is 306 g/mol. The lowest BCUT2D eigenvalue weighted by atomic mass is 9.86. The molecule has 0 saturated carbocycles. The maximum absolute atomic E-state index is 12.7. The molecule has 0 bridgehead atoms. The lowest BCUT2D eigenvalue weighted by molar-refractivity contribution is -0.0452. The van der Waals surface area contributed by atoms with E-state index in [1.54, 1.807) is 6.07 Å². The lowest BCUT2D eigenvalue weighted by Crippen LogP contribution is -2.50. The predicted octanol–water partition coefficient (Wildman–Crippen LogP) is 2.09. The molecule has 1 aromatic rings. The number of hydrogen-bond acceptors (Lipinski definition) is 5. The third-order valence-corrected chi connectivity index (χ3v) is 5.67. The quantitative estimate of drug-likeness (QED) is 0.848. The number of piperidine rings is 1. The Kier molecular flexibility index (Phi) is 4.35. The van der Waals surface area contributed by atoms with Gasteiger partial charge in [0, 0.05) is 19.2 Å². The van der Waals surface area contributed by atoms with Crippen LogP contribution < -0.4 is 0 Å². The Balaban J connectivity index is 1.38. The highest BCUT2D eigenvalue weighted by Gasteiger charge is 2.45. The zero-order valence-electron chi connectivity index (χ0n) is 14.5. The molecule has 0 radical (unpaired) electrons. The minimum absolute atomic E-state index is 0.0301. The van der Waals surface area contributed by atoms with Crippen molar-refractivity contribution in [1.29, 1.82) is 0 Å². The van der Waals surface area contributed by atoms with E-state index in [4.69, 9.17) is 9.26 Å². The number of aryl methyl sites for hydroxylation is 1. The van der Waals surface area contributed by atoms with Crippen LogP contribution in [-0.2, 0) is 4.74 Å². The van der Waals surface area contributed by atoms with E-state index in [0.29, 0.717) is 23.9 Å². The van der Waals surface area contributed by atoms with Gasteiger partial charge < -0.3 is 19.1 Å². The van der Waals surface area contributed by atoms with E-state index in [9.17, 15) is 4.79 Å². The fourth-order valence-electron chi connectivity index (χ4n) is 4.57. The number of amides is 1. The summed E-state index contributed by atoms with van der Waals surface area (Å²) in [5, 5.41) is 3.88. The molecule has 0 aliphatic carbocycles. The average Bonchev–Trinajstić information content (AvgIpc) is 3.30. The van der Waals surface area contributed by atoms with E-state index in [1.807, 2.05) is 11.8 Å². The summed E-state index contributed by atoms with van der Waals surface area (Å²) in [6, 6.07) is 1.72. The first kappa shape index (κ1) is 16.1. The summed E-state index contributed by atoms with van der Waals surface area (Å²) in [6.45, 7) is 7.74. The molecule has 3 saturated heterocycles. The van der Waals surface area contributed by atoms with E-state index in [2.05, 4.69) is 10.1 Å². The molecule has 6 heteroatoms. The number of rotatable bonds is 3. The maximum atomic E-state index is 12.7. The first-order valence-electron chi connectivity index (χ1n) is 9.22. The van der Waals surface area contributed by atoms with Crippen LogP contribution in [0.2, 0.25) is 0 Å². The predicted molar refractivity (Wildman–Crippen MR) is 88.8 cm³/mol. The monoisotopic (exact) mass is 333 g/mol. The van der Waals surface area contributed by atoms with Crippen LogP contribution in [0.15, 0.2) is 10.6 Å². The van der Waals surface area contributed by atoms with Crippen molar-refractivity contribution in [2.24, 2.45) is 5.92 Å². The molecule has 4 heterocycles. The molecule has 1 aromatic heterocycles. The van der Waals surface area contributed by atoms with Crippen molar-refractivity contribution in [3.05, 3.63) is 17.5 Å². The first-order chi connectivity index (χ1) is 11.6. The van der Waals surface area contributed by atoms with Gasteiger partial charge in [0.15, 0.2) is 5.69 Å². The Morgan fingerprint density at radius 3 is 2.92 bits per heavy atom. The van der Waals surface area contributed by atoms with E-state index in [0.717, 1.165) is 39.0 Å². The molecule has 0 aromatic carbocycles. The molecule has 24 heavy (non-hydrogen) atoms. The molecule has 1 amide bonds. The van der Waals surface area contributed by atoms with Crippen LogP contribution in [0.1, 0.15) is 48.4 Å². The van der Waals surface area contributed by atoms with Gasteiger partial charge in [0.25, 0.3) is 5.91 Å². The first-order valence-corrected chi connectivity index (χ1v) is 9.22. The highest BCUT2D eigenvalue weighted by molar-refractivity contribution is 5.92. The molecule has 132 valence electrons. The van der Waals surface area contributed by atoms with Crippen molar-refractivity contribution < 1.29 is 14.1 Å². The summed E-state index contributed by atoms with van der Waals surface area (Å²) >= 11 is 0. The van der Waals surface area contributed by atoms with Crippen molar-refractivity contribution in [3.63, 3.8) is 0 Å². The van der Waals surface area contributed by atoms with Gasteiger partial charge >= 0.3 is 0 Å². The van der Waals surface area contributed by atoms with Gasteiger partial charge in [0.05, 0.1) is 18.8 Å². The smallest absolute Gasteiger partial charge is 0.276 e. The van der Waals surface area contributed by atoms with Crippen LogP contribution in [0, 0.1) is 12.8 Å². The second kappa shape index (κ2) is 6.48. The third kappa shape index (κ3) is 3.22. The summed E-state index contributed by atoms with van der Waals surface area (Å²) < 4.78 is 11.3. The number of hydrogen-bond donors (Lipinski definition) is 0. The summed E-state index contributed by atoms with van der Waals surface area (Å²) in [6.07, 6.45) is 5.80. The van der Waals surface area contributed by atoms with Gasteiger partial charge in [-0.15, -0.1) is 0 Å². The summed E-state index contributed by atoms with van der Waals surface area (Å²) in [5.74, 6) is 1.25.